The van der Waals surface area contributed by atoms with Crippen molar-refractivity contribution in [3.05, 3.63) is 23.8 Å². The zero-order valence-corrected chi connectivity index (χ0v) is 17.0. The van der Waals surface area contributed by atoms with Crippen LogP contribution in [0.1, 0.15) is 26.3 Å². The van der Waals surface area contributed by atoms with Crippen LogP contribution in [-0.4, -0.2) is 50.2 Å². The summed E-state index contributed by atoms with van der Waals surface area (Å²) >= 11 is 0. The number of benzene rings is 1. The lowest BCUT2D eigenvalue weighted by molar-refractivity contribution is -0.122. The molecule has 1 rings (SSSR count). The molecule has 1 atom stereocenters. The number of ether oxygens (including phenoxy) is 2. The molecule has 0 radical (unpaired) electrons. The van der Waals surface area contributed by atoms with Gasteiger partial charge in [0.2, 0.25) is 5.91 Å². The Kier molecular flexibility index (Phi) is 14.6. The summed E-state index contributed by atoms with van der Waals surface area (Å²) in [5, 5.41) is 2.78. The number of halogens is 2. The van der Waals surface area contributed by atoms with Crippen molar-refractivity contribution in [2.75, 3.05) is 33.4 Å². The maximum absolute atomic E-state index is 11.5. The SMILES string of the molecule is CCN(CC)CCOc1ccc(CNC(=O)[C@@H](C)N)cc1OC.Cl.Cl. The second-order valence-corrected chi connectivity index (χ2v) is 5.37. The van der Waals surface area contributed by atoms with Crippen LogP contribution in [0.2, 0.25) is 0 Å². The van der Waals surface area contributed by atoms with E-state index in [0.29, 0.717) is 24.7 Å². The minimum Gasteiger partial charge on any atom is -0.493 e. The maximum Gasteiger partial charge on any atom is 0.236 e. The quantitative estimate of drug-likeness (QED) is 0.634. The predicted octanol–water partition coefficient (Wildman–Crippen LogP) is 2.22. The highest BCUT2D eigenvalue weighted by atomic mass is 35.5. The van der Waals surface area contributed by atoms with Crippen LogP contribution in [0, 0.1) is 0 Å². The summed E-state index contributed by atoms with van der Waals surface area (Å²) in [5.74, 6) is 1.20. The summed E-state index contributed by atoms with van der Waals surface area (Å²) in [4.78, 5) is 13.8. The monoisotopic (exact) mass is 395 g/mol. The molecule has 25 heavy (non-hydrogen) atoms. The van der Waals surface area contributed by atoms with Crippen molar-refractivity contribution in [1.29, 1.82) is 0 Å². The second kappa shape index (κ2) is 14.0. The van der Waals surface area contributed by atoms with Gasteiger partial charge in [-0.15, -0.1) is 24.8 Å². The van der Waals surface area contributed by atoms with E-state index in [0.717, 1.165) is 25.2 Å². The molecule has 1 aromatic carbocycles. The van der Waals surface area contributed by atoms with Crippen molar-refractivity contribution in [3.63, 3.8) is 0 Å². The summed E-state index contributed by atoms with van der Waals surface area (Å²) in [6.45, 7) is 9.84. The molecule has 0 bridgehead atoms. The molecule has 0 spiro atoms. The molecular weight excluding hydrogens is 365 g/mol. The lowest BCUT2D eigenvalue weighted by Crippen LogP contribution is -2.37. The van der Waals surface area contributed by atoms with E-state index in [4.69, 9.17) is 15.2 Å². The van der Waals surface area contributed by atoms with Gasteiger partial charge in [-0.25, -0.2) is 0 Å². The molecule has 0 unspecified atom stereocenters. The van der Waals surface area contributed by atoms with Gasteiger partial charge in [0, 0.05) is 13.1 Å². The Morgan fingerprint density at radius 1 is 1.24 bits per heavy atom. The van der Waals surface area contributed by atoms with E-state index in [9.17, 15) is 4.79 Å². The molecule has 0 saturated carbocycles. The third-order valence-electron chi connectivity index (χ3n) is 3.67. The molecule has 8 heteroatoms. The largest absolute Gasteiger partial charge is 0.493 e. The van der Waals surface area contributed by atoms with Crippen LogP contribution in [0.15, 0.2) is 18.2 Å². The van der Waals surface area contributed by atoms with Gasteiger partial charge in [-0.3, -0.25) is 4.79 Å². The number of amides is 1. The topological polar surface area (TPSA) is 76.8 Å². The van der Waals surface area contributed by atoms with Crippen molar-refractivity contribution < 1.29 is 14.3 Å². The molecule has 146 valence electrons. The molecular formula is C17H31Cl2N3O3. The van der Waals surface area contributed by atoms with Gasteiger partial charge in [0.1, 0.15) is 6.61 Å². The van der Waals surface area contributed by atoms with Crippen molar-refractivity contribution in [2.45, 2.75) is 33.4 Å². The number of nitrogens with two attached hydrogens (primary N) is 1. The van der Waals surface area contributed by atoms with E-state index in [-0.39, 0.29) is 30.7 Å². The fourth-order valence-corrected chi connectivity index (χ4v) is 2.12. The molecule has 6 nitrogen and oxygen atoms in total. The summed E-state index contributed by atoms with van der Waals surface area (Å²) in [5.41, 5.74) is 6.46. The van der Waals surface area contributed by atoms with Crippen LogP contribution in [0.25, 0.3) is 0 Å². The van der Waals surface area contributed by atoms with Crippen molar-refractivity contribution in [2.24, 2.45) is 5.73 Å². The van der Waals surface area contributed by atoms with Crippen LogP contribution in [-0.2, 0) is 11.3 Å². The van der Waals surface area contributed by atoms with Crippen LogP contribution < -0.4 is 20.5 Å². The predicted molar refractivity (Wildman–Crippen MR) is 106 cm³/mol. The number of hydrogen-bond donors (Lipinski definition) is 2. The highest BCUT2D eigenvalue weighted by molar-refractivity contribution is 5.85. The summed E-state index contributed by atoms with van der Waals surface area (Å²) < 4.78 is 11.2. The zero-order chi connectivity index (χ0) is 17.2. The van der Waals surface area contributed by atoms with E-state index in [1.165, 1.54) is 0 Å². The van der Waals surface area contributed by atoms with Crippen molar-refractivity contribution in [3.8, 4) is 11.5 Å². The molecule has 0 aromatic heterocycles. The van der Waals surface area contributed by atoms with E-state index >= 15 is 0 Å². The molecule has 3 N–H and O–H groups in total. The van der Waals surface area contributed by atoms with Crippen LogP contribution >= 0.6 is 24.8 Å². The Balaban J connectivity index is 0. The first-order valence-corrected chi connectivity index (χ1v) is 8.07. The van der Waals surface area contributed by atoms with Gasteiger partial charge in [0.25, 0.3) is 0 Å². The van der Waals surface area contributed by atoms with Gasteiger partial charge < -0.3 is 25.4 Å². The lowest BCUT2D eigenvalue weighted by atomic mass is 10.2. The summed E-state index contributed by atoms with van der Waals surface area (Å²) in [7, 11) is 1.61. The Labute approximate surface area is 163 Å². The normalized spacial score (nSPS) is 11.1. The number of carbonyl (C=O) groups excluding carboxylic acids is 1. The number of hydrogen-bond acceptors (Lipinski definition) is 5. The standard InChI is InChI=1S/C17H29N3O3.2ClH/c1-5-20(6-2)9-10-23-15-8-7-14(11-16(15)22-4)12-19-17(21)13(3)18;;/h7-8,11,13H,5-6,9-10,12,18H2,1-4H3,(H,19,21);2*1H/t13-;;/m1../s1. The highest BCUT2D eigenvalue weighted by Gasteiger charge is 2.09. The van der Waals surface area contributed by atoms with E-state index < -0.39 is 6.04 Å². The average molecular weight is 396 g/mol. The number of likely N-dealkylation sites (N-methyl/N-ethyl adjacent to an activating group) is 1. The molecule has 0 heterocycles. The second-order valence-electron chi connectivity index (χ2n) is 5.37. The molecule has 1 aromatic rings. The average Bonchev–Trinajstić information content (AvgIpc) is 2.56. The maximum atomic E-state index is 11.5. The number of nitrogens with one attached hydrogen (secondary N) is 1. The fraction of sp³-hybridized carbons (Fsp3) is 0.588. The molecule has 0 aliphatic carbocycles. The van der Waals surface area contributed by atoms with E-state index in [1.54, 1.807) is 14.0 Å². The number of carbonyl (C=O) groups is 1. The lowest BCUT2D eigenvalue weighted by Gasteiger charge is -2.19. The first kappa shape index (κ1) is 26.0. The van der Waals surface area contributed by atoms with Gasteiger partial charge in [-0.2, -0.15) is 0 Å². The van der Waals surface area contributed by atoms with E-state index in [1.807, 2.05) is 18.2 Å². The fourth-order valence-electron chi connectivity index (χ4n) is 2.12. The molecule has 1 amide bonds. The zero-order valence-electron chi connectivity index (χ0n) is 15.4. The summed E-state index contributed by atoms with van der Waals surface area (Å²) in [6, 6.07) is 5.14. The molecule has 0 saturated heterocycles. The van der Waals surface area contributed by atoms with E-state index in [2.05, 4.69) is 24.1 Å². The van der Waals surface area contributed by atoms with Crippen molar-refractivity contribution >= 4 is 30.7 Å². The molecule has 0 fully saturated rings. The Morgan fingerprint density at radius 3 is 2.40 bits per heavy atom. The van der Waals surface area contributed by atoms with Crippen LogP contribution in [0.4, 0.5) is 0 Å². The minimum absolute atomic E-state index is 0. The smallest absolute Gasteiger partial charge is 0.236 e. The number of rotatable bonds is 10. The summed E-state index contributed by atoms with van der Waals surface area (Å²) in [6.07, 6.45) is 0. The van der Waals surface area contributed by atoms with Crippen LogP contribution in [0.3, 0.4) is 0 Å². The highest BCUT2D eigenvalue weighted by Crippen LogP contribution is 2.28. The van der Waals surface area contributed by atoms with Gasteiger partial charge >= 0.3 is 0 Å². The van der Waals surface area contributed by atoms with Gasteiger partial charge in [-0.1, -0.05) is 19.9 Å². The first-order valence-electron chi connectivity index (χ1n) is 8.07. The van der Waals surface area contributed by atoms with Gasteiger partial charge in [-0.05, 0) is 37.7 Å². The number of nitrogens with zero attached hydrogens (tertiary/aromatic N) is 1. The van der Waals surface area contributed by atoms with Gasteiger partial charge in [0.15, 0.2) is 11.5 Å². The first-order chi connectivity index (χ1) is 11.0. The minimum atomic E-state index is -0.514. The third kappa shape index (κ3) is 9.16. The molecule has 0 aliphatic heterocycles. The molecule has 0 aliphatic rings. The Bertz CT molecular complexity index is 498. The van der Waals surface area contributed by atoms with Gasteiger partial charge in [0.05, 0.1) is 13.2 Å². The Hall–Kier alpha value is -1.21. The van der Waals surface area contributed by atoms with Crippen LogP contribution in [0.5, 0.6) is 11.5 Å². The van der Waals surface area contributed by atoms with Crippen molar-refractivity contribution in [1.82, 2.24) is 10.2 Å². The number of methoxy groups -OCH3 is 1. The Morgan fingerprint density at radius 2 is 1.88 bits per heavy atom. The third-order valence-corrected chi connectivity index (χ3v) is 3.67.